The number of carbonyl (C=O) groups excluding carboxylic acids is 4. The van der Waals surface area contributed by atoms with Gasteiger partial charge in [-0.25, -0.2) is 0 Å². The molecule has 12 heteroatoms. The van der Waals surface area contributed by atoms with Gasteiger partial charge in [0, 0.05) is 25.1 Å². The summed E-state index contributed by atoms with van der Waals surface area (Å²) in [6.07, 6.45) is -4.62. The summed E-state index contributed by atoms with van der Waals surface area (Å²) in [6, 6.07) is 8.39. The highest BCUT2D eigenvalue weighted by molar-refractivity contribution is 6.01. The van der Waals surface area contributed by atoms with Gasteiger partial charge in [-0.2, -0.15) is 13.2 Å². The van der Waals surface area contributed by atoms with Crippen molar-refractivity contribution < 1.29 is 41.8 Å². The minimum Gasteiger partial charge on any atom is -0.484 e. The number of alkyl halides is 3. The van der Waals surface area contributed by atoms with E-state index in [1.54, 1.807) is 6.92 Å². The van der Waals surface area contributed by atoms with Crippen LogP contribution in [0.4, 0.5) is 13.2 Å². The van der Waals surface area contributed by atoms with E-state index in [9.17, 15) is 32.3 Å². The van der Waals surface area contributed by atoms with Crippen molar-refractivity contribution in [3.05, 3.63) is 64.7 Å². The third-order valence-corrected chi connectivity index (χ3v) is 5.71. The molecular weight excluding hydrogens is 495 g/mol. The van der Waals surface area contributed by atoms with Crippen molar-refractivity contribution in [3.63, 3.8) is 0 Å². The average Bonchev–Trinajstić information content (AvgIpc) is 3.16. The minimum absolute atomic E-state index is 0.00882. The first-order valence-corrected chi connectivity index (χ1v) is 11.4. The topological polar surface area (TPSA) is 128 Å². The first-order valence-electron chi connectivity index (χ1n) is 11.4. The lowest BCUT2D eigenvalue weighted by Crippen LogP contribution is -2.45. The van der Waals surface area contributed by atoms with Gasteiger partial charge in [-0.1, -0.05) is 18.2 Å². The van der Waals surface area contributed by atoms with Crippen LogP contribution in [-0.2, 0) is 38.4 Å². The molecule has 0 spiro atoms. The summed E-state index contributed by atoms with van der Waals surface area (Å²) in [7, 11) is 0. The van der Waals surface area contributed by atoms with Crippen molar-refractivity contribution >= 4 is 23.7 Å². The zero-order valence-electron chi connectivity index (χ0n) is 20.0. The number of rotatable bonds is 11. The van der Waals surface area contributed by atoms with Gasteiger partial charge in [0.15, 0.2) is 6.61 Å². The van der Waals surface area contributed by atoms with Gasteiger partial charge >= 0.3 is 12.1 Å². The Kier molecular flexibility index (Phi) is 8.74. The second kappa shape index (κ2) is 11.8. The summed E-state index contributed by atoms with van der Waals surface area (Å²) in [5, 5.41) is 2.39. The number of hydrogen-bond donors (Lipinski definition) is 2. The number of halogens is 3. The van der Waals surface area contributed by atoms with Crippen molar-refractivity contribution in [3.8, 4) is 5.75 Å². The summed E-state index contributed by atoms with van der Waals surface area (Å²) >= 11 is 0. The molecule has 0 bridgehead atoms. The lowest BCUT2D eigenvalue weighted by atomic mass is 10.1. The van der Waals surface area contributed by atoms with E-state index in [-0.39, 0.29) is 43.9 Å². The molecule has 198 valence electrons. The third-order valence-electron chi connectivity index (χ3n) is 5.71. The molecule has 1 atom stereocenters. The van der Waals surface area contributed by atoms with Gasteiger partial charge in [-0.15, -0.1) is 0 Å². The van der Waals surface area contributed by atoms with E-state index in [1.807, 2.05) is 0 Å². The smallest absolute Gasteiger partial charge is 0.416 e. The van der Waals surface area contributed by atoms with Crippen LogP contribution in [0.25, 0.3) is 0 Å². The number of amides is 3. The van der Waals surface area contributed by atoms with E-state index in [1.165, 1.54) is 41.3 Å². The molecule has 0 saturated heterocycles. The Morgan fingerprint density at radius 3 is 2.57 bits per heavy atom. The Morgan fingerprint density at radius 1 is 1.16 bits per heavy atom. The van der Waals surface area contributed by atoms with Gasteiger partial charge in [0.2, 0.25) is 5.91 Å². The monoisotopic (exact) mass is 521 g/mol. The number of hydrogen-bond acceptors (Lipinski definition) is 6. The Bertz CT molecular complexity index is 1180. The number of nitrogens with two attached hydrogens (primary N) is 1. The summed E-state index contributed by atoms with van der Waals surface area (Å²) in [4.78, 5) is 49.9. The molecule has 0 fully saturated rings. The highest BCUT2D eigenvalue weighted by atomic mass is 19.4. The lowest BCUT2D eigenvalue weighted by Gasteiger charge is -2.24. The number of carbonyl (C=O) groups is 4. The van der Waals surface area contributed by atoms with E-state index in [2.05, 4.69) is 5.32 Å². The Morgan fingerprint density at radius 2 is 1.89 bits per heavy atom. The molecule has 3 N–H and O–H groups in total. The zero-order chi connectivity index (χ0) is 27.2. The maximum atomic E-state index is 13.1. The number of primary amides is 1. The summed E-state index contributed by atoms with van der Waals surface area (Å²) in [6.45, 7) is 1.10. The molecule has 1 unspecified atom stereocenters. The maximum Gasteiger partial charge on any atom is 0.416 e. The molecule has 3 amide bonds. The van der Waals surface area contributed by atoms with Crippen molar-refractivity contribution in [1.82, 2.24) is 10.2 Å². The molecule has 2 aromatic rings. The number of benzene rings is 2. The normalized spacial score (nSPS) is 13.6. The summed E-state index contributed by atoms with van der Waals surface area (Å²) < 4.78 is 49.6. The molecule has 9 nitrogen and oxygen atoms in total. The van der Waals surface area contributed by atoms with Crippen LogP contribution < -0.4 is 15.8 Å². The average molecular weight is 521 g/mol. The Hall–Kier alpha value is -4.09. The number of esters is 1. The highest BCUT2D eigenvalue weighted by Crippen LogP contribution is 2.32. The summed E-state index contributed by atoms with van der Waals surface area (Å²) in [5.74, 6) is -2.08. The molecule has 0 aliphatic carbocycles. The van der Waals surface area contributed by atoms with Crippen LogP contribution in [0, 0.1) is 0 Å². The molecule has 1 heterocycles. The number of fused-ring (bicyclic) bond motifs is 1. The summed E-state index contributed by atoms with van der Waals surface area (Å²) in [5.41, 5.74) is 5.42. The lowest BCUT2D eigenvalue weighted by molar-refractivity contribution is -0.143. The van der Waals surface area contributed by atoms with Crippen LogP contribution >= 0.6 is 0 Å². The van der Waals surface area contributed by atoms with Crippen LogP contribution in [-0.4, -0.2) is 47.8 Å². The molecule has 2 aromatic carbocycles. The van der Waals surface area contributed by atoms with E-state index >= 15 is 0 Å². The maximum absolute atomic E-state index is 13.1. The van der Waals surface area contributed by atoms with Gasteiger partial charge in [-0.05, 0) is 48.7 Å². The SMILES string of the molecule is CCOC(=O)CCC(C(N)=O)N1Cc2cc(OCC(=O)NCc3ccccc3C(F)(F)F)ccc2C1=O. The zero-order valence-corrected chi connectivity index (χ0v) is 20.0. The van der Waals surface area contributed by atoms with E-state index < -0.39 is 48.1 Å². The quantitative estimate of drug-likeness (QED) is 0.438. The van der Waals surface area contributed by atoms with Gasteiger partial charge in [0.1, 0.15) is 11.8 Å². The van der Waals surface area contributed by atoms with Crippen LogP contribution in [0.15, 0.2) is 42.5 Å². The van der Waals surface area contributed by atoms with E-state index in [0.29, 0.717) is 11.1 Å². The Labute approximate surface area is 210 Å². The van der Waals surface area contributed by atoms with Crippen molar-refractivity contribution in [2.24, 2.45) is 5.73 Å². The predicted molar refractivity (Wildman–Crippen MR) is 124 cm³/mol. The van der Waals surface area contributed by atoms with Gasteiger partial charge in [0.25, 0.3) is 11.8 Å². The molecule has 0 saturated carbocycles. The molecular formula is C25H26F3N3O6. The van der Waals surface area contributed by atoms with Crippen LogP contribution in [0.5, 0.6) is 5.75 Å². The van der Waals surface area contributed by atoms with Crippen molar-refractivity contribution in [2.45, 2.75) is 45.1 Å². The Balaban J connectivity index is 1.58. The largest absolute Gasteiger partial charge is 0.484 e. The highest BCUT2D eigenvalue weighted by Gasteiger charge is 2.36. The standard InChI is InChI=1S/C25H26F3N3O6/c1-2-36-22(33)10-9-20(23(29)34)31-13-16-11-17(7-8-18(16)24(31)35)37-14-21(32)30-12-15-5-3-4-6-19(15)25(26,27)28/h3-8,11,20H,2,9-10,12-14H2,1H3,(H2,29,34)(H,30,32). The van der Waals surface area contributed by atoms with Gasteiger partial charge < -0.3 is 25.4 Å². The van der Waals surface area contributed by atoms with Crippen molar-refractivity contribution in [2.75, 3.05) is 13.2 Å². The van der Waals surface area contributed by atoms with Crippen LogP contribution in [0.2, 0.25) is 0 Å². The number of nitrogens with zero attached hydrogens (tertiary/aromatic N) is 1. The molecule has 3 rings (SSSR count). The number of ether oxygens (including phenoxy) is 2. The molecule has 0 aromatic heterocycles. The van der Waals surface area contributed by atoms with Crippen LogP contribution in [0.3, 0.4) is 0 Å². The van der Waals surface area contributed by atoms with E-state index in [4.69, 9.17) is 15.2 Å². The molecule has 1 aliphatic rings. The first-order chi connectivity index (χ1) is 17.5. The fourth-order valence-electron chi connectivity index (χ4n) is 3.95. The fourth-order valence-corrected chi connectivity index (χ4v) is 3.95. The predicted octanol–water partition coefficient (Wildman–Crippen LogP) is 2.55. The first kappa shape index (κ1) is 27.5. The third kappa shape index (κ3) is 6.99. The van der Waals surface area contributed by atoms with Gasteiger partial charge in [0.05, 0.1) is 12.2 Å². The molecule has 0 radical (unpaired) electrons. The number of nitrogens with one attached hydrogen (secondary N) is 1. The molecule has 1 aliphatic heterocycles. The van der Waals surface area contributed by atoms with Crippen molar-refractivity contribution in [1.29, 1.82) is 0 Å². The second-order valence-corrected chi connectivity index (χ2v) is 8.23. The van der Waals surface area contributed by atoms with Crippen LogP contribution in [0.1, 0.15) is 46.8 Å². The fraction of sp³-hybridized carbons (Fsp3) is 0.360. The van der Waals surface area contributed by atoms with Gasteiger partial charge in [-0.3, -0.25) is 19.2 Å². The minimum atomic E-state index is -4.54. The second-order valence-electron chi connectivity index (χ2n) is 8.23. The molecule has 37 heavy (non-hydrogen) atoms. The van der Waals surface area contributed by atoms with E-state index in [0.717, 1.165) is 6.07 Å².